The summed E-state index contributed by atoms with van der Waals surface area (Å²) in [6.07, 6.45) is 2.09. The summed E-state index contributed by atoms with van der Waals surface area (Å²) in [5.74, 6) is 1.15. The predicted molar refractivity (Wildman–Crippen MR) is 84.3 cm³/mol. The van der Waals surface area contributed by atoms with Crippen molar-refractivity contribution in [3.8, 4) is 0 Å². The molecule has 0 spiro atoms. The van der Waals surface area contributed by atoms with E-state index in [2.05, 4.69) is 35.8 Å². The normalized spacial score (nSPS) is 11.1. The van der Waals surface area contributed by atoms with Crippen LogP contribution in [0.1, 0.15) is 24.7 Å². The van der Waals surface area contributed by atoms with Crippen molar-refractivity contribution in [3.05, 3.63) is 64.9 Å². The fourth-order valence-corrected chi connectivity index (χ4v) is 2.75. The Balaban J connectivity index is 2.06. The number of halogens is 1. The van der Waals surface area contributed by atoms with Gasteiger partial charge in [0.05, 0.1) is 11.0 Å². The van der Waals surface area contributed by atoms with E-state index < -0.39 is 0 Å². The Hall–Kier alpha value is -1.80. The van der Waals surface area contributed by atoms with E-state index in [-0.39, 0.29) is 0 Å². The molecule has 3 heteroatoms. The van der Waals surface area contributed by atoms with E-state index in [4.69, 9.17) is 16.6 Å². The Morgan fingerprint density at radius 3 is 2.75 bits per heavy atom. The van der Waals surface area contributed by atoms with Crippen molar-refractivity contribution in [2.45, 2.75) is 26.3 Å². The van der Waals surface area contributed by atoms with Crippen molar-refractivity contribution >= 4 is 22.6 Å². The number of aryl methyl sites for hydroxylation is 1. The Morgan fingerprint density at radius 1 is 1.10 bits per heavy atom. The van der Waals surface area contributed by atoms with Crippen molar-refractivity contribution in [2.75, 3.05) is 0 Å². The smallest absolute Gasteiger partial charge is 0.110 e. The van der Waals surface area contributed by atoms with Gasteiger partial charge in [0.2, 0.25) is 0 Å². The first kappa shape index (κ1) is 13.2. The van der Waals surface area contributed by atoms with Crippen molar-refractivity contribution in [3.63, 3.8) is 0 Å². The molecule has 0 saturated heterocycles. The Labute approximate surface area is 124 Å². The van der Waals surface area contributed by atoms with Gasteiger partial charge in [-0.2, -0.15) is 0 Å². The molecule has 3 rings (SSSR count). The van der Waals surface area contributed by atoms with E-state index >= 15 is 0 Å². The summed E-state index contributed by atoms with van der Waals surface area (Å²) < 4.78 is 2.30. The van der Waals surface area contributed by atoms with Crippen molar-refractivity contribution in [1.29, 1.82) is 0 Å². The van der Waals surface area contributed by atoms with Gasteiger partial charge in [-0.1, -0.05) is 42.8 Å². The van der Waals surface area contributed by atoms with Crippen molar-refractivity contribution < 1.29 is 0 Å². The maximum atomic E-state index is 6.08. The van der Waals surface area contributed by atoms with E-state index in [9.17, 15) is 0 Å². The maximum absolute atomic E-state index is 6.08. The molecule has 0 N–H and O–H groups in total. The van der Waals surface area contributed by atoms with Gasteiger partial charge in [0, 0.05) is 18.0 Å². The second-order valence-electron chi connectivity index (χ2n) is 4.98. The molecule has 0 aliphatic carbocycles. The molecular formula is C17H17ClN2. The highest BCUT2D eigenvalue weighted by Gasteiger charge is 2.10. The molecule has 0 atom stereocenters. The zero-order chi connectivity index (χ0) is 13.9. The van der Waals surface area contributed by atoms with Crippen LogP contribution in [0, 0.1) is 0 Å². The molecule has 0 aliphatic heterocycles. The van der Waals surface area contributed by atoms with Gasteiger partial charge in [-0.15, -0.1) is 0 Å². The van der Waals surface area contributed by atoms with Gasteiger partial charge in [0.1, 0.15) is 5.82 Å². The lowest BCUT2D eigenvalue weighted by molar-refractivity contribution is 0.722. The lowest BCUT2D eigenvalue weighted by Gasteiger charge is -2.09. The molecule has 0 fully saturated rings. The third kappa shape index (κ3) is 2.56. The first-order chi connectivity index (χ1) is 9.78. The molecule has 1 aromatic heterocycles. The summed E-state index contributed by atoms with van der Waals surface area (Å²) in [6, 6.07) is 16.3. The Bertz CT molecular complexity index is 731. The average Bonchev–Trinajstić information content (AvgIpc) is 2.78. The number of hydrogen-bond acceptors (Lipinski definition) is 1. The van der Waals surface area contributed by atoms with Gasteiger partial charge in [-0.05, 0) is 36.2 Å². The summed E-state index contributed by atoms with van der Waals surface area (Å²) in [6.45, 7) is 3.00. The molecule has 3 aromatic rings. The largest absolute Gasteiger partial charge is 0.323 e. The molecule has 0 aliphatic rings. The van der Waals surface area contributed by atoms with Crippen LogP contribution in [-0.4, -0.2) is 9.55 Å². The predicted octanol–water partition coefficient (Wildman–Crippen LogP) is 4.69. The van der Waals surface area contributed by atoms with Crippen LogP contribution in [-0.2, 0) is 13.0 Å². The zero-order valence-electron chi connectivity index (χ0n) is 11.5. The molecule has 0 bridgehead atoms. The highest BCUT2D eigenvalue weighted by molar-refractivity contribution is 6.30. The molecule has 2 nitrogen and oxygen atoms in total. The second kappa shape index (κ2) is 5.68. The molecule has 20 heavy (non-hydrogen) atoms. The van der Waals surface area contributed by atoms with Crippen LogP contribution >= 0.6 is 11.6 Å². The minimum atomic E-state index is 0.781. The average molecular weight is 285 g/mol. The second-order valence-corrected chi connectivity index (χ2v) is 5.42. The number of nitrogens with zero attached hydrogens (tertiary/aromatic N) is 2. The third-order valence-corrected chi connectivity index (χ3v) is 3.67. The van der Waals surface area contributed by atoms with Crippen LogP contribution in [0.2, 0.25) is 5.02 Å². The minimum Gasteiger partial charge on any atom is -0.323 e. The molecule has 102 valence electrons. The SMILES string of the molecule is CCCc1nc2ccccc2n1Cc1cccc(Cl)c1. The van der Waals surface area contributed by atoms with E-state index in [1.807, 2.05) is 24.3 Å². The lowest BCUT2D eigenvalue weighted by atomic mass is 10.2. The number of rotatable bonds is 4. The van der Waals surface area contributed by atoms with Crippen LogP contribution in [0.25, 0.3) is 11.0 Å². The number of aromatic nitrogens is 2. The maximum Gasteiger partial charge on any atom is 0.110 e. The van der Waals surface area contributed by atoms with Crippen molar-refractivity contribution in [2.24, 2.45) is 0 Å². The van der Waals surface area contributed by atoms with E-state index in [0.29, 0.717) is 0 Å². The highest BCUT2D eigenvalue weighted by Crippen LogP contribution is 2.20. The van der Waals surface area contributed by atoms with Crippen LogP contribution in [0.4, 0.5) is 0 Å². The van der Waals surface area contributed by atoms with Gasteiger partial charge in [0.25, 0.3) is 0 Å². The standard InChI is InChI=1S/C17H17ClN2/c1-2-6-17-19-15-9-3-4-10-16(15)20(17)12-13-7-5-8-14(18)11-13/h3-5,7-11H,2,6,12H2,1H3. The number of hydrogen-bond donors (Lipinski definition) is 0. The van der Waals surface area contributed by atoms with E-state index in [1.165, 1.54) is 11.1 Å². The first-order valence-electron chi connectivity index (χ1n) is 6.96. The Morgan fingerprint density at radius 2 is 1.95 bits per heavy atom. The van der Waals surface area contributed by atoms with Gasteiger partial charge >= 0.3 is 0 Å². The zero-order valence-corrected chi connectivity index (χ0v) is 12.3. The molecule has 0 radical (unpaired) electrons. The number of para-hydroxylation sites is 2. The van der Waals surface area contributed by atoms with Gasteiger partial charge in [-0.3, -0.25) is 0 Å². The van der Waals surface area contributed by atoms with Gasteiger partial charge in [-0.25, -0.2) is 4.98 Å². The summed E-state index contributed by atoms with van der Waals surface area (Å²) in [4.78, 5) is 4.75. The molecule has 0 saturated carbocycles. The molecule has 2 aromatic carbocycles. The van der Waals surface area contributed by atoms with Gasteiger partial charge < -0.3 is 4.57 Å². The Kier molecular flexibility index (Phi) is 3.75. The summed E-state index contributed by atoms with van der Waals surface area (Å²) >= 11 is 6.08. The molecule has 0 amide bonds. The third-order valence-electron chi connectivity index (χ3n) is 3.44. The highest BCUT2D eigenvalue weighted by atomic mass is 35.5. The summed E-state index contributed by atoms with van der Waals surface area (Å²) in [5.41, 5.74) is 3.46. The fourth-order valence-electron chi connectivity index (χ4n) is 2.53. The fraction of sp³-hybridized carbons (Fsp3) is 0.235. The molecule has 1 heterocycles. The number of fused-ring (bicyclic) bond motifs is 1. The van der Waals surface area contributed by atoms with Crippen LogP contribution in [0.15, 0.2) is 48.5 Å². The topological polar surface area (TPSA) is 17.8 Å². The van der Waals surface area contributed by atoms with Crippen LogP contribution < -0.4 is 0 Å². The quantitative estimate of drug-likeness (QED) is 0.679. The van der Waals surface area contributed by atoms with E-state index in [0.717, 1.165) is 35.8 Å². The number of imidazole rings is 1. The van der Waals surface area contributed by atoms with Crippen molar-refractivity contribution in [1.82, 2.24) is 9.55 Å². The molecule has 0 unspecified atom stereocenters. The first-order valence-corrected chi connectivity index (χ1v) is 7.34. The van der Waals surface area contributed by atoms with Crippen LogP contribution in [0.5, 0.6) is 0 Å². The minimum absolute atomic E-state index is 0.781. The summed E-state index contributed by atoms with van der Waals surface area (Å²) in [7, 11) is 0. The lowest BCUT2D eigenvalue weighted by Crippen LogP contribution is -2.05. The van der Waals surface area contributed by atoms with Gasteiger partial charge in [0.15, 0.2) is 0 Å². The summed E-state index contributed by atoms with van der Waals surface area (Å²) in [5, 5.41) is 0.781. The monoisotopic (exact) mass is 284 g/mol. The molecular weight excluding hydrogens is 268 g/mol. The van der Waals surface area contributed by atoms with Crippen LogP contribution in [0.3, 0.4) is 0 Å². The van der Waals surface area contributed by atoms with E-state index in [1.54, 1.807) is 0 Å². The number of benzene rings is 2.